The van der Waals surface area contributed by atoms with E-state index in [-0.39, 0.29) is 5.25 Å². The van der Waals surface area contributed by atoms with Crippen LogP contribution in [0.5, 0.6) is 0 Å². The lowest BCUT2D eigenvalue weighted by Gasteiger charge is -2.28. The van der Waals surface area contributed by atoms with Crippen molar-refractivity contribution in [3.8, 4) is 11.5 Å². The zero-order valence-electron chi connectivity index (χ0n) is 18.7. The molecule has 33 heavy (non-hydrogen) atoms. The highest BCUT2D eigenvalue weighted by molar-refractivity contribution is 7.99. The number of aryl methyl sites for hydroxylation is 1. The number of anilines is 1. The topological polar surface area (TPSA) is 82.1 Å². The Labute approximate surface area is 197 Å². The van der Waals surface area contributed by atoms with Crippen molar-refractivity contribution in [2.75, 3.05) is 31.2 Å². The number of aromatic nitrogens is 5. The summed E-state index contributed by atoms with van der Waals surface area (Å²) in [7, 11) is 0. The van der Waals surface area contributed by atoms with Crippen LogP contribution < -0.4 is 4.90 Å². The van der Waals surface area contributed by atoms with Crippen LogP contribution in [-0.4, -0.2) is 51.3 Å². The van der Waals surface area contributed by atoms with Crippen LogP contribution in [0.3, 0.4) is 0 Å². The van der Waals surface area contributed by atoms with Crippen LogP contribution in [0.15, 0.2) is 64.2 Å². The van der Waals surface area contributed by atoms with E-state index in [4.69, 9.17) is 9.15 Å². The maximum absolute atomic E-state index is 6.01. The van der Waals surface area contributed by atoms with E-state index in [1.165, 1.54) is 5.56 Å². The molecule has 2 aromatic carbocycles. The number of nitrogens with zero attached hydrogens (tertiary/aromatic N) is 6. The molecule has 170 valence electrons. The molecule has 1 aliphatic heterocycles. The van der Waals surface area contributed by atoms with Gasteiger partial charge in [-0.1, -0.05) is 59.8 Å². The smallest absolute Gasteiger partial charge is 0.247 e. The molecule has 2 aromatic heterocycles. The summed E-state index contributed by atoms with van der Waals surface area (Å²) >= 11 is 1.57. The van der Waals surface area contributed by atoms with Crippen LogP contribution in [0.1, 0.15) is 29.2 Å². The summed E-state index contributed by atoms with van der Waals surface area (Å²) < 4.78 is 13.7. The Hall–Kier alpha value is -3.17. The molecular formula is C24H26N6O2S. The van der Waals surface area contributed by atoms with Gasteiger partial charge in [-0.25, -0.2) is 0 Å². The molecule has 1 aliphatic rings. The summed E-state index contributed by atoms with van der Waals surface area (Å²) in [6.07, 6.45) is 0. The summed E-state index contributed by atoms with van der Waals surface area (Å²) in [6, 6.07) is 18.4. The van der Waals surface area contributed by atoms with E-state index < -0.39 is 0 Å². The van der Waals surface area contributed by atoms with Crippen LogP contribution in [-0.2, 0) is 11.3 Å². The van der Waals surface area contributed by atoms with Gasteiger partial charge >= 0.3 is 0 Å². The second kappa shape index (κ2) is 9.76. The molecule has 0 amide bonds. The maximum atomic E-state index is 6.01. The van der Waals surface area contributed by atoms with Gasteiger partial charge in [-0.2, -0.15) is 0 Å². The molecular weight excluding hydrogens is 436 g/mol. The van der Waals surface area contributed by atoms with Gasteiger partial charge in [0.05, 0.1) is 25.0 Å². The molecule has 0 radical (unpaired) electrons. The Balaban J connectivity index is 1.40. The van der Waals surface area contributed by atoms with Gasteiger partial charge in [-0.15, -0.1) is 20.4 Å². The highest BCUT2D eigenvalue weighted by Crippen LogP contribution is 2.36. The molecule has 4 aromatic rings. The first-order valence-corrected chi connectivity index (χ1v) is 11.9. The van der Waals surface area contributed by atoms with Gasteiger partial charge in [0.2, 0.25) is 17.7 Å². The van der Waals surface area contributed by atoms with Gasteiger partial charge in [-0.3, -0.25) is 4.57 Å². The SMILES string of the molecule is Cc1cccc(-c2nnc([C@@H](C)Sc3nnc(N4CCOCC4)n3Cc3ccccc3)o2)c1. The molecule has 8 nitrogen and oxygen atoms in total. The van der Waals surface area contributed by atoms with Gasteiger partial charge < -0.3 is 14.1 Å². The lowest BCUT2D eigenvalue weighted by Crippen LogP contribution is -2.38. The van der Waals surface area contributed by atoms with Crippen molar-refractivity contribution in [1.82, 2.24) is 25.0 Å². The van der Waals surface area contributed by atoms with Crippen molar-refractivity contribution in [2.45, 2.75) is 30.8 Å². The third-order valence-corrected chi connectivity index (χ3v) is 6.58. The van der Waals surface area contributed by atoms with E-state index in [1.54, 1.807) is 11.8 Å². The second-order valence-corrected chi connectivity index (χ2v) is 9.34. The Morgan fingerprint density at radius 2 is 1.79 bits per heavy atom. The van der Waals surface area contributed by atoms with Crippen LogP contribution >= 0.6 is 11.8 Å². The highest BCUT2D eigenvalue weighted by atomic mass is 32.2. The van der Waals surface area contributed by atoms with E-state index in [0.717, 1.165) is 35.3 Å². The third-order valence-electron chi connectivity index (χ3n) is 5.51. The Morgan fingerprint density at radius 1 is 0.970 bits per heavy atom. The van der Waals surface area contributed by atoms with E-state index in [0.29, 0.717) is 31.5 Å². The number of benzene rings is 2. The zero-order chi connectivity index (χ0) is 22.6. The first kappa shape index (κ1) is 21.7. The lowest BCUT2D eigenvalue weighted by molar-refractivity contribution is 0.121. The lowest BCUT2D eigenvalue weighted by atomic mass is 10.1. The molecule has 5 rings (SSSR count). The summed E-state index contributed by atoms with van der Waals surface area (Å²) in [4.78, 5) is 2.23. The Morgan fingerprint density at radius 3 is 2.58 bits per heavy atom. The molecule has 0 N–H and O–H groups in total. The molecule has 3 heterocycles. The van der Waals surface area contributed by atoms with Crippen molar-refractivity contribution in [3.63, 3.8) is 0 Å². The van der Waals surface area contributed by atoms with E-state index in [2.05, 4.69) is 54.1 Å². The second-order valence-electron chi connectivity index (χ2n) is 8.03. The molecule has 0 bridgehead atoms. The number of rotatable bonds is 7. The quantitative estimate of drug-likeness (QED) is 0.374. The minimum Gasteiger partial charge on any atom is -0.419 e. The fourth-order valence-corrected chi connectivity index (χ4v) is 4.65. The van der Waals surface area contributed by atoms with Crippen molar-refractivity contribution in [1.29, 1.82) is 0 Å². The summed E-state index contributed by atoms with van der Waals surface area (Å²) in [6.45, 7) is 7.78. The minimum absolute atomic E-state index is 0.0766. The van der Waals surface area contributed by atoms with Gasteiger partial charge in [0.25, 0.3) is 0 Å². The molecule has 0 saturated carbocycles. The molecule has 1 atom stereocenters. The largest absolute Gasteiger partial charge is 0.419 e. The molecule has 9 heteroatoms. The predicted octanol–water partition coefficient (Wildman–Crippen LogP) is 4.37. The van der Waals surface area contributed by atoms with Crippen molar-refractivity contribution in [2.24, 2.45) is 0 Å². The van der Waals surface area contributed by atoms with Gasteiger partial charge in [-0.05, 0) is 31.5 Å². The fraction of sp³-hybridized carbons (Fsp3) is 0.333. The highest BCUT2D eigenvalue weighted by Gasteiger charge is 2.24. The summed E-state index contributed by atoms with van der Waals surface area (Å²) in [5.41, 5.74) is 3.27. The Bertz CT molecular complexity index is 1200. The average Bonchev–Trinajstić information content (AvgIpc) is 3.49. The van der Waals surface area contributed by atoms with E-state index >= 15 is 0 Å². The molecule has 1 saturated heterocycles. The predicted molar refractivity (Wildman–Crippen MR) is 127 cm³/mol. The van der Waals surface area contributed by atoms with Crippen LogP contribution in [0.25, 0.3) is 11.5 Å². The fourth-order valence-electron chi connectivity index (χ4n) is 3.77. The first-order chi connectivity index (χ1) is 16.2. The maximum Gasteiger partial charge on any atom is 0.247 e. The number of thioether (sulfide) groups is 1. The number of morpholine rings is 1. The van der Waals surface area contributed by atoms with E-state index in [1.807, 2.05) is 44.2 Å². The first-order valence-electron chi connectivity index (χ1n) is 11.0. The number of hydrogen-bond acceptors (Lipinski definition) is 8. The van der Waals surface area contributed by atoms with Gasteiger partial charge in [0.1, 0.15) is 0 Å². The molecule has 0 unspecified atom stereocenters. The van der Waals surface area contributed by atoms with Crippen LogP contribution in [0.2, 0.25) is 0 Å². The summed E-state index contributed by atoms with van der Waals surface area (Å²) in [5.74, 6) is 1.96. The van der Waals surface area contributed by atoms with E-state index in [9.17, 15) is 0 Å². The third kappa shape index (κ3) is 4.94. The Kier molecular flexibility index (Phi) is 6.41. The monoisotopic (exact) mass is 462 g/mol. The number of ether oxygens (including phenoxy) is 1. The molecule has 0 aliphatic carbocycles. The minimum atomic E-state index is -0.0766. The zero-order valence-corrected chi connectivity index (χ0v) is 19.5. The van der Waals surface area contributed by atoms with Gasteiger partial charge in [0.15, 0.2) is 5.16 Å². The van der Waals surface area contributed by atoms with Crippen LogP contribution in [0.4, 0.5) is 5.95 Å². The van der Waals surface area contributed by atoms with Crippen molar-refractivity contribution in [3.05, 3.63) is 71.6 Å². The van der Waals surface area contributed by atoms with Gasteiger partial charge in [0, 0.05) is 18.7 Å². The molecule has 0 spiro atoms. The normalized spacial score (nSPS) is 15.0. The molecule has 1 fully saturated rings. The van der Waals surface area contributed by atoms with Crippen molar-refractivity contribution >= 4 is 17.7 Å². The number of hydrogen-bond donors (Lipinski definition) is 0. The van der Waals surface area contributed by atoms with Crippen LogP contribution in [0, 0.1) is 6.92 Å². The van der Waals surface area contributed by atoms with Crippen molar-refractivity contribution < 1.29 is 9.15 Å². The standard InChI is InChI=1S/C24H26N6O2S/c1-17-7-6-10-20(15-17)22-26-25-21(32-22)18(2)33-24-28-27-23(29-11-13-31-14-12-29)30(24)16-19-8-4-3-5-9-19/h3-10,15,18H,11-14,16H2,1-2H3/t18-/m1/s1. The summed E-state index contributed by atoms with van der Waals surface area (Å²) in [5, 5.41) is 18.4. The average molecular weight is 463 g/mol.